The summed E-state index contributed by atoms with van der Waals surface area (Å²) in [6, 6.07) is 3.88. The number of likely N-dealkylation sites (N-methyl/N-ethyl adjacent to an activating group) is 1. The molecule has 0 bridgehead atoms. The summed E-state index contributed by atoms with van der Waals surface area (Å²) in [4.78, 5) is 27.6. The monoisotopic (exact) mass is 359 g/mol. The van der Waals surface area contributed by atoms with Crippen LogP contribution in [-0.2, 0) is 9.59 Å². The van der Waals surface area contributed by atoms with Crippen LogP contribution in [0.5, 0.6) is 0 Å². The highest BCUT2D eigenvalue weighted by molar-refractivity contribution is 6.35. The van der Waals surface area contributed by atoms with Crippen LogP contribution in [0.3, 0.4) is 0 Å². The summed E-state index contributed by atoms with van der Waals surface area (Å²) in [7, 11) is 1.99. The van der Waals surface area contributed by atoms with Crippen molar-refractivity contribution in [2.75, 3.05) is 38.5 Å². The number of benzene rings is 1. The van der Waals surface area contributed by atoms with Crippen LogP contribution in [0.2, 0.25) is 10.0 Å². The normalized spacial score (nSPS) is 17.7. The minimum atomic E-state index is -0.998. The molecule has 8 heteroatoms. The van der Waals surface area contributed by atoms with E-state index in [9.17, 15) is 14.7 Å². The lowest BCUT2D eigenvalue weighted by atomic mass is 10.1. The molecule has 1 unspecified atom stereocenters. The number of carboxylic acid groups (broad SMARTS) is 1. The number of carbonyl (C=O) groups excluding carboxylic acids is 1. The molecule has 6 nitrogen and oxygen atoms in total. The van der Waals surface area contributed by atoms with Gasteiger partial charge in [0.05, 0.1) is 17.1 Å². The van der Waals surface area contributed by atoms with Crippen LogP contribution in [0.25, 0.3) is 0 Å². The molecule has 1 saturated heterocycles. The number of anilines is 1. The third-order valence-corrected chi connectivity index (χ3v) is 4.41. The van der Waals surface area contributed by atoms with Crippen molar-refractivity contribution >= 4 is 40.8 Å². The zero-order valence-corrected chi connectivity index (χ0v) is 14.3. The van der Waals surface area contributed by atoms with Crippen molar-refractivity contribution < 1.29 is 14.7 Å². The minimum absolute atomic E-state index is 0.137. The molecule has 23 heavy (non-hydrogen) atoms. The topological polar surface area (TPSA) is 72.9 Å². The molecule has 1 fully saturated rings. The first-order valence-corrected chi connectivity index (χ1v) is 8.02. The number of halogens is 2. The molecule has 0 radical (unpaired) electrons. The van der Waals surface area contributed by atoms with Gasteiger partial charge in [-0.1, -0.05) is 23.2 Å². The fourth-order valence-corrected chi connectivity index (χ4v) is 2.81. The van der Waals surface area contributed by atoms with Crippen molar-refractivity contribution in [3.05, 3.63) is 28.2 Å². The van der Waals surface area contributed by atoms with Crippen molar-refractivity contribution in [3.63, 3.8) is 0 Å². The lowest BCUT2D eigenvalue weighted by Crippen LogP contribution is -2.52. The van der Waals surface area contributed by atoms with E-state index in [0.29, 0.717) is 28.8 Å². The van der Waals surface area contributed by atoms with E-state index in [1.165, 1.54) is 6.07 Å². The van der Waals surface area contributed by atoms with Gasteiger partial charge in [-0.2, -0.15) is 0 Å². The molecule has 0 aliphatic carbocycles. The number of rotatable bonds is 5. The molecular weight excluding hydrogens is 341 g/mol. The van der Waals surface area contributed by atoms with Crippen molar-refractivity contribution in [3.8, 4) is 0 Å². The van der Waals surface area contributed by atoms with Gasteiger partial charge in [0.15, 0.2) is 0 Å². The average Bonchev–Trinajstić information content (AvgIpc) is 2.49. The van der Waals surface area contributed by atoms with Gasteiger partial charge in [0.25, 0.3) is 0 Å². The highest BCUT2D eigenvalue weighted by Gasteiger charge is 2.30. The predicted molar refractivity (Wildman–Crippen MR) is 90.2 cm³/mol. The van der Waals surface area contributed by atoms with Crippen LogP contribution in [0, 0.1) is 0 Å². The smallest absolute Gasteiger partial charge is 0.321 e. The highest BCUT2D eigenvalue weighted by Crippen LogP contribution is 2.25. The number of aliphatic carboxylic acids is 1. The van der Waals surface area contributed by atoms with Crippen LogP contribution < -0.4 is 5.32 Å². The highest BCUT2D eigenvalue weighted by atomic mass is 35.5. The summed E-state index contributed by atoms with van der Waals surface area (Å²) >= 11 is 11.9. The molecule has 0 aromatic heterocycles. The van der Waals surface area contributed by atoms with E-state index in [0.717, 1.165) is 13.1 Å². The second kappa shape index (κ2) is 7.97. The van der Waals surface area contributed by atoms with Crippen LogP contribution in [0.1, 0.15) is 6.42 Å². The minimum Gasteiger partial charge on any atom is -0.480 e. The van der Waals surface area contributed by atoms with Gasteiger partial charge < -0.3 is 15.3 Å². The van der Waals surface area contributed by atoms with Crippen LogP contribution in [0.4, 0.5) is 5.69 Å². The number of hydrogen-bond donors (Lipinski definition) is 2. The number of hydrogen-bond acceptors (Lipinski definition) is 4. The lowest BCUT2D eigenvalue weighted by Gasteiger charge is -2.35. The van der Waals surface area contributed by atoms with E-state index in [1.807, 2.05) is 11.9 Å². The Labute approximate surface area is 145 Å². The Morgan fingerprint density at radius 2 is 1.91 bits per heavy atom. The first kappa shape index (κ1) is 18.0. The van der Waals surface area contributed by atoms with Gasteiger partial charge in [-0.15, -0.1) is 0 Å². The molecular formula is C15H19Cl2N3O3. The first-order chi connectivity index (χ1) is 10.9. The van der Waals surface area contributed by atoms with Gasteiger partial charge in [0.2, 0.25) is 5.91 Å². The molecule has 1 amide bonds. The van der Waals surface area contributed by atoms with Crippen molar-refractivity contribution in [1.29, 1.82) is 0 Å². The lowest BCUT2D eigenvalue weighted by molar-refractivity contribution is -0.145. The van der Waals surface area contributed by atoms with Crippen LogP contribution >= 0.6 is 23.2 Å². The van der Waals surface area contributed by atoms with Crippen LogP contribution in [-0.4, -0.2) is 66.1 Å². The quantitative estimate of drug-likeness (QED) is 0.841. The van der Waals surface area contributed by atoms with Gasteiger partial charge in [-0.3, -0.25) is 14.5 Å². The first-order valence-electron chi connectivity index (χ1n) is 7.27. The molecule has 1 aliphatic rings. The maximum Gasteiger partial charge on any atom is 0.321 e. The van der Waals surface area contributed by atoms with Gasteiger partial charge in [-0.05, 0) is 25.2 Å². The molecule has 1 atom stereocenters. The number of piperazine rings is 1. The van der Waals surface area contributed by atoms with Crippen molar-refractivity contribution in [2.24, 2.45) is 0 Å². The van der Waals surface area contributed by atoms with E-state index >= 15 is 0 Å². The molecule has 0 spiro atoms. The Hall–Kier alpha value is -1.34. The van der Waals surface area contributed by atoms with Crippen LogP contribution in [0.15, 0.2) is 18.2 Å². The van der Waals surface area contributed by atoms with E-state index in [2.05, 4.69) is 10.2 Å². The Morgan fingerprint density at radius 3 is 2.52 bits per heavy atom. The fraction of sp³-hybridized carbons (Fsp3) is 0.467. The number of carbonyl (C=O) groups is 2. The zero-order chi connectivity index (χ0) is 17.0. The van der Waals surface area contributed by atoms with Gasteiger partial charge >= 0.3 is 5.97 Å². The largest absolute Gasteiger partial charge is 0.480 e. The molecule has 1 heterocycles. The summed E-state index contributed by atoms with van der Waals surface area (Å²) in [6.45, 7) is 2.81. The second-order valence-corrected chi connectivity index (χ2v) is 6.41. The maximum atomic E-state index is 12.2. The average molecular weight is 360 g/mol. The van der Waals surface area contributed by atoms with E-state index in [1.54, 1.807) is 12.1 Å². The number of amides is 1. The Morgan fingerprint density at radius 1 is 1.26 bits per heavy atom. The summed E-state index contributed by atoms with van der Waals surface area (Å²) in [5.74, 6) is -1.40. The summed E-state index contributed by atoms with van der Waals surface area (Å²) in [5.41, 5.74) is 0.381. The summed E-state index contributed by atoms with van der Waals surface area (Å²) < 4.78 is 0. The zero-order valence-electron chi connectivity index (χ0n) is 12.8. The predicted octanol–water partition coefficient (Wildman–Crippen LogP) is 2.02. The molecule has 1 aromatic rings. The van der Waals surface area contributed by atoms with Crippen molar-refractivity contribution in [1.82, 2.24) is 9.80 Å². The Kier molecular flexibility index (Phi) is 6.24. The third kappa shape index (κ3) is 5.07. The number of nitrogens with zero attached hydrogens (tertiary/aromatic N) is 2. The van der Waals surface area contributed by atoms with E-state index < -0.39 is 17.9 Å². The number of nitrogens with one attached hydrogen (secondary N) is 1. The number of carboxylic acids is 1. The van der Waals surface area contributed by atoms with Gasteiger partial charge in [-0.25, -0.2) is 0 Å². The molecule has 1 aromatic carbocycles. The second-order valence-electron chi connectivity index (χ2n) is 5.57. The van der Waals surface area contributed by atoms with E-state index in [4.69, 9.17) is 23.2 Å². The third-order valence-electron chi connectivity index (χ3n) is 3.84. The molecule has 2 rings (SSSR count). The summed E-state index contributed by atoms with van der Waals surface area (Å²) in [5, 5.41) is 12.9. The Bertz CT molecular complexity index is 589. The standard InChI is InChI=1S/C15H19Cl2N3O3/c1-19-4-6-20(7-5-19)13(15(22)23)9-14(21)18-12-8-10(16)2-3-11(12)17/h2-3,8,13H,4-7,9H2,1H3,(H,18,21)(H,22,23). The fourth-order valence-electron chi connectivity index (χ4n) is 2.48. The van der Waals surface area contributed by atoms with E-state index in [-0.39, 0.29) is 6.42 Å². The molecule has 2 N–H and O–H groups in total. The molecule has 1 aliphatic heterocycles. The molecule has 126 valence electrons. The van der Waals surface area contributed by atoms with Crippen molar-refractivity contribution in [2.45, 2.75) is 12.5 Å². The SMILES string of the molecule is CN1CCN(C(CC(=O)Nc2cc(Cl)ccc2Cl)C(=O)O)CC1. The molecule has 0 saturated carbocycles. The maximum absolute atomic E-state index is 12.2. The van der Waals surface area contributed by atoms with Gasteiger partial charge in [0.1, 0.15) is 6.04 Å². The summed E-state index contributed by atoms with van der Waals surface area (Å²) in [6.07, 6.45) is -0.137. The van der Waals surface area contributed by atoms with Gasteiger partial charge in [0, 0.05) is 31.2 Å². The Balaban J connectivity index is 2.00.